The van der Waals surface area contributed by atoms with Gasteiger partial charge in [-0.25, -0.2) is 13.7 Å². The maximum absolute atomic E-state index is 11.5. The molecule has 0 aromatic rings. The highest BCUT2D eigenvalue weighted by Crippen LogP contribution is 2.66. The average molecular weight is 370 g/mol. The van der Waals surface area contributed by atoms with Crippen molar-refractivity contribution < 1.29 is 51.2 Å². The lowest BCUT2D eigenvalue weighted by molar-refractivity contribution is 0.00796. The van der Waals surface area contributed by atoms with Gasteiger partial charge in [0.25, 0.3) is 0 Å². The molecule has 1 fully saturated rings. The Morgan fingerprint density at radius 1 is 1.05 bits per heavy atom. The van der Waals surface area contributed by atoms with E-state index in [1.807, 2.05) is 6.92 Å². The van der Waals surface area contributed by atoms with Gasteiger partial charge in [0.1, 0.15) is 0 Å². The number of ether oxygens (including phenoxy) is 1. The maximum atomic E-state index is 11.5. The summed E-state index contributed by atoms with van der Waals surface area (Å²) in [7, 11) is -15.9. The smallest absolute Gasteiger partial charge is 0.373 e. The minimum Gasteiger partial charge on any atom is -0.373 e. The van der Waals surface area contributed by atoms with Crippen molar-refractivity contribution in [2.24, 2.45) is 5.92 Å². The van der Waals surface area contributed by atoms with E-state index in [2.05, 4.69) is 13.1 Å². The van der Waals surface area contributed by atoms with Crippen LogP contribution in [0.3, 0.4) is 0 Å². The van der Waals surface area contributed by atoms with E-state index in [1.54, 1.807) is 6.92 Å². The van der Waals surface area contributed by atoms with Crippen LogP contribution in [0.25, 0.3) is 0 Å². The van der Waals surface area contributed by atoms with E-state index in [0.717, 1.165) is 0 Å². The van der Waals surface area contributed by atoms with Crippen molar-refractivity contribution in [1.82, 2.24) is 0 Å². The zero-order chi connectivity index (χ0) is 16.5. The number of phosphoric acid groups is 3. The van der Waals surface area contributed by atoms with Crippen LogP contribution in [0.4, 0.5) is 0 Å². The van der Waals surface area contributed by atoms with Gasteiger partial charge in [-0.1, -0.05) is 6.92 Å². The molecule has 0 aromatic heterocycles. The van der Waals surface area contributed by atoms with Gasteiger partial charge in [0.05, 0.1) is 18.8 Å². The Hall–Kier alpha value is 0.370. The summed E-state index contributed by atoms with van der Waals surface area (Å²) in [5.41, 5.74) is 0. The van der Waals surface area contributed by atoms with Crippen LogP contribution in [0.2, 0.25) is 0 Å². The molecule has 5 atom stereocenters. The van der Waals surface area contributed by atoms with E-state index in [4.69, 9.17) is 19.4 Å². The Kier molecular flexibility index (Phi) is 6.35. The van der Waals surface area contributed by atoms with Gasteiger partial charge < -0.3 is 24.3 Å². The molecule has 0 spiro atoms. The van der Waals surface area contributed by atoms with E-state index in [9.17, 15) is 18.6 Å². The van der Waals surface area contributed by atoms with Gasteiger partial charge in [-0.15, -0.1) is 0 Å². The zero-order valence-corrected chi connectivity index (χ0v) is 13.8. The highest BCUT2D eigenvalue weighted by atomic mass is 31.3. The van der Waals surface area contributed by atoms with Crippen molar-refractivity contribution in [2.75, 3.05) is 6.61 Å². The summed E-state index contributed by atoms with van der Waals surface area (Å²) >= 11 is 0. The number of phosphoric ester groups is 1. The van der Waals surface area contributed by atoms with Gasteiger partial charge in [0.2, 0.25) is 0 Å². The van der Waals surface area contributed by atoms with Gasteiger partial charge in [-0.05, 0) is 19.3 Å². The molecule has 2 unspecified atom stereocenters. The van der Waals surface area contributed by atoms with Gasteiger partial charge >= 0.3 is 23.5 Å². The van der Waals surface area contributed by atoms with E-state index in [0.29, 0.717) is 6.42 Å². The second kappa shape index (κ2) is 6.86. The summed E-state index contributed by atoms with van der Waals surface area (Å²) in [5, 5.41) is 0. The van der Waals surface area contributed by atoms with Crippen molar-refractivity contribution in [3.05, 3.63) is 0 Å². The van der Waals surface area contributed by atoms with Crippen LogP contribution in [0.1, 0.15) is 20.3 Å². The van der Waals surface area contributed by atoms with Crippen molar-refractivity contribution in [2.45, 2.75) is 32.5 Å². The lowest BCUT2D eigenvalue weighted by Crippen LogP contribution is -2.20. The molecule has 21 heavy (non-hydrogen) atoms. The Bertz CT molecular complexity index is 500. The van der Waals surface area contributed by atoms with Gasteiger partial charge in [-0.2, -0.15) is 8.62 Å². The summed E-state index contributed by atoms with van der Waals surface area (Å²) in [6.07, 6.45) is 0.143. The van der Waals surface area contributed by atoms with E-state index in [1.165, 1.54) is 0 Å². The fourth-order valence-electron chi connectivity index (χ4n) is 1.84. The normalized spacial score (nSPS) is 32.6. The van der Waals surface area contributed by atoms with Crippen LogP contribution < -0.4 is 0 Å². The molecule has 0 saturated carbocycles. The molecular weight excluding hydrogens is 353 g/mol. The lowest BCUT2D eigenvalue weighted by Gasteiger charge is -2.19. The molecule has 0 aromatic carbocycles. The van der Waals surface area contributed by atoms with E-state index < -0.39 is 36.2 Å². The van der Waals surface area contributed by atoms with E-state index >= 15 is 0 Å². The minimum absolute atomic E-state index is 0.0345. The lowest BCUT2D eigenvalue weighted by atomic mass is 10.0. The number of rotatable bonds is 7. The monoisotopic (exact) mass is 370 g/mol. The third-order valence-corrected chi connectivity index (χ3v) is 6.37. The van der Waals surface area contributed by atoms with Gasteiger partial charge in [0.15, 0.2) is 0 Å². The first-order valence-electron chi connectivity index (χ1n) is 5.73. The Morgan fingerprint density at radius 2 is 1.62 bits per heavy atom. The van der Waals surface area contributed by atoms with Gasteiger partial charge in [0, 0.05) is 0 Å². The zero-order valence-electron chi connectivity index (χ0n) is 11.1. The second-order valence-corrected chi connectivity index (χ2v) is 9.00. The number of hydrogen-bond acceptors (Lipinski definition) is 7. The molecule has 1 aliphatic heterocycles. The van der Waals surface area contributed by atoms with Crippen LogP contribution in [-0.2, 0) is 31.6 Å². The number of hydrogen-bond donors (Lipinski definition) is 4. The molecule has 126 valence electrons. The SMILES string of the molecule is C[C@H]1C[C@H](C)[C@@H](COP(=O)(O)OP(=O)(O)OP(=O)(O)O)O1. The van der Waals surface area contributed by atoms with Crippen molar-refractivity contribution in [3.8, 4) is 0 Å². The van der Waals surface area contributed by atoms with Crippen molar-refractivity contribution >= 4 is 23.5 Å². The van der Waals surface area contributed by atoms with Crippen LogP contribution in [0.15, 0.2) is 0 Å². The Labute approximate surface area is 120 Å². The predicted octanol–water partition coefficient (Wildman–Crippen LogP) is 1.14. The standard InChI is InChI=1S/C7H17O11P3/c1-5-3-6(2)16-7(5)4-15-20(11,12)18-21(13,14)17-19(8,9)10/h5-7H,3-4H2,1-2H3,(H,11,12)(H,13,14)(H2,8,9,10)/t5-,6-,7+/m0/s1. The summed E-state index contributed by atoms with van der Waals surface area (Å²) in [6, 6.07) is 0. The molecular formula is C7H17O11P3. The molecule has 4 N–H and O–H groups in total. The Morgan fingerprint density at radius 3 is 2.05 bits per heavy atom. The van der Waals surface area contributed by atoms with E-state index in [-0.39, 0.29) is 12.0 Å². The fourth-order valence-corrected chi connectivity index (χ4v) is 4.87. The quantitative estimate of drug-likeness (QED) is 0.474. The van der Waals surface area contributed by atoms with Crippen LogP contribution >= 0.6 is 23.5 Å². The molecule has 0 aliphatic carbocycles. The first-order valence-corrected chi connectivity index (χ1v) is 10.3. The Balaban J connectivity index is 2.56. The molecule has 0 radical (unpaired) electrons. The second-order valence-electron chi connectivity index (χ2n) is 4.58. The molecule has 1 aliphatic rings. The molecule has 1 rings (SSSR count). The van der Waals surface area contributed by atoms with Crippen LogP contribution in [0, 0.1) is 5.92 Å². The first kappa shape index (κ1) is 19.4. The molecule has 0 bridgehead atoms. The molecule has 0 amide bonds. The van der Waals surface area contributed by atoms with Crippen LogP contribution in [-0.4, -0.2) is 38.4 Å². The third kappa shape index (κ3) is 7.45. The minimum atomic E-state index is -5.47. The summed E-state index contributed by atoms with van der Waals surface area (Å²) in [5.74, 6) is 0.0345. The first-order chi connectivity index (χ1) is 9.30. The van der Waals surface area contributed by atoms with Crippen LogP contribution in [0.5, 0.6) is 0 Å². The predicted molar refractivity (Wildman–Crippen MR) is 67.9 cm³/mol. The molecule has 14 heteroatoms. The van der Waals surface area contributed by atoms with Gasteiger partial charge in [-0.3, -0.25) is 4.52 Å². The molecule has 1 saturated heterocycles. The topological polar surface area (TPSA) is 169 Å². The summed E-state index contributed by atoms with van der Waals surface area (Å²) in [4.78, 5) is 34.9. The summed E-state index contributed by atoms with van der Waals surface area (Å²) < 4.78 is 50.0. The highest BCUT2D eigenvalue weighted by molar-refractivity contribution is 7.66. The highest BCUT2D eigenvalue weighted by Gasteiger charge is 2.41. The van der Waals surface area contributed by atoms with Crippen molar-refractivity contribution in [1.29, 1.82) is 0 Å². The third-order valence-electron chi connectivity index (χ3n) is 2.56. The fraction of sp³-hybridized carbons (Fsp3) is 1.00. The summed E-state index contributed by atoms with van der Waals surface area (Å²) in [6.45, 7) is 3.24. The average Bonchev–Trinajstić information content (AvgIpc) is 2.48. The molecule has 1 heterocycles. The molecule has 11 nitrogen and oxygen atoms in total. The maximum Gasteiger partial charge on any atom is 0.490 e. The largest absolute Gasteiger partial charge is 0.490 e. The van der Waals surface area contributed by atoms with Crippen molar-refractivity contribution in [3.63, 3.8) is 0 Å².